The van der Waals surface area contributed by atoms with E-state index in [2.05, 4.69) is 61.1 Å². The van der Waals surface area contributed by atoms with Gasteiger partial charge in [0.05, 0.1) is 0 Å². The molecule has 0 N–H and O–H groups in total. The summed E-state index contributed by atoms with van der Waals surface area (Å²) in [5, 5.41) is 0. The zero-order valence-electron chi connectivity index (χ0n) is 6.96. The van der Waals surface area contributed by atoms with E-state index in [0.29, 0.717) is 0 Å². The third-order valence-electron chi connectivity index (χ3n) is 2.33. The average molecular weight is 136 g/mol. The monoisotopic (exact) mass is 136 g/mol. The third kappa shape index (κ3) is 1.07. The third-order valence-corrected chi connectivity index (χ3v) is 2.33. The fourth-order valence-corrected chi connectivity index (χ4v) is 1.62. The number of rotatable bonds is 0. The predicted octanol–water partition coefficient (Wildman–Crippen LogP) is 2.10. The molecule has 0 aliphatic heterocycles. The number of benzene rings is 1. The molecular weight excluding hydrogens is 127 g/mol. The molecule has 0 radical (unpaired) electrons. The van der Waals surface area contributed by atoms with Crippen LogP contribution in [0, 0.1) is 0 Å². The molecule has 1 aliphatic carbocycles. The summed E-state index contributed by atoms with van der Waals surface area (Å²) >= 11 is 2.25. The molecule has 0 aromatic heterocycles. The van der Waals surface area contributed by atoms with E-state index < -0.39 is 0 Å². The van der Waals surface area contributed by atoms with E-state index >= 15 is 0 Å². The molecular formula is C10H9Li. The first-order valence-corrected chi connectivity index (χ1v) is 3.99. The van der Waals surface area contributed by atoms with E-state index in [9.17, 15) is 0 Å². The molecule has 1 aliphatic rings. The van der Waals surface area contributed by atoms with Crippen LogP contribution in [0.25, 0.3) is 6.08 Å². The molecule has 1 aromatic rings. The topological polar surface area (TPSA) is 0 Å². The zero-order valence-corrected chi connectivity index (χ0v) is 6.96. The Morgan fingerprint density at radius 1 is 1.27 bits per heavy atom. The van der Waals surface area contributed by atoms with Gasteiger partial charge in [-0.15, -0.1) is 0 Å². The Labute approximate surface area is 76.5 Å². The first-order valence-electron chi connectivity index (χ1n) is 3.99. The van der Waals surface area contributed by atoms with Crippen molar-refractivity contribution in [2.75, 3.05) is 0 Å². The quantitative estimate of drug-likeness (QED) is 0.479. The Hall–Kier alpha value is -0.443. The van der Waals surface area contributed by atoms with Crippen LogP contribution >= 0.6 is 0 Å². The average Bonchev–Trinajstić information content (AvgIpc) is 2.29. The number of allylic oxidation sites excluding steroid dienone is 1. The van der Waals surface area contributed by atoms with Crippen LogP contribution in [0.4, 0.5) is 0 Å². The predicted molar refractivity (Wildman–Crippen MR) is 48.6 cm³/mol. The van der Waals surface area contributed by atoms with Crippen LogP contribution < -0.4 is 0 Å². The van der Waals surface area contributed by atoms with Crippen LogP contribution in [0.2, 0.25) is 0 Å². The molecule has 0 spiro atoms. The Morgan fingerprint density at radius 3 is 2.73 bits per heavy atom. The van der Waals surface area contributed by atoms with E-state index in [1.807, 2.05) is 0 Å². The standard InChI is InChI=1S/C10H9.Li/c1-8-6-7-9-4-2-3-5-10(8)9;/h2-7H,1H3;. The zero-order chi connectivity index (χ0) is 7.90. The van der Waals surface area contributed by atoms with Gasteiger partial charge in [-0.2, -0.15) is 0 Å². The van der Waals surface area contributed by atoms with Gasteiger partial charge in [0.25, 0.3) is 0 Å². The van der Waals surface area contributed by atoms with Crippen molar-refractivity contribution >= 4 is 23.8 Å². The molecule has 0 saturated heterocycles. The summed E-state index contributed by atoms with van der Waals surface area (Å²) in [6.45, 7) is 2.25. The molecule has 11 heavy (non-hydrogen) atoms. The van der Waals surface area contributed by atoms with Crippen molar-refractivity contribution in [3.8, 4) is 0 Å². The fourth-order valence-electron chi connectivity index (χ4n) is 1.62. The minimum atomic E-state index is 0.247. The van der Waals surface area contributed by atoms with E-state index in [1.165, 1.54) is 11.1 Å². The summed E-state index contributed by atoms with van der Waals surface area (Å²) in [5.41, 5.74) is 2.82. The van der Waals surface area contributed by atoms with Gasteiger partial charge in [-0.25, -0.2) is 0 Å². The van der Waals surface area contributed by atoms with E-state index in [1.54, 1.807) is 0 Å². The molecule has 0 amide bonds. The van der Waals surface area contributed by atoms with Crippen LogP contribution in [-0.4, -0.2) is 17.7 Å². The van der Waals surface area contributed by atoms with Gasteiger partial charge in [-0.3, -0.25) is 0 Å². The van der Waals surface area contributed by atoms with Crippen LogP contribution in [0.3, 0.4) is 0 Å². The van der Waals surface area contributed by atoms with E-state index in [-0.39, 0.29) is 4.09 Å². The Balaban J connectivity index is 2.64. The molecule has 1 atom stereocenters. The van der Waals surface area contributed by atoms with E-state index in [4.69, 9.17) is 0 Å². The van der Waals surface area contributed by atoms with Crippen LogP contribution in [-0.2, 0) is 4.09 Å². The van der Waals surface area contributed by atoms with Crippen molar-refractivity contribution in [2.24, 2.45) is 0 Å². The molecule has 50 valence electrons. The van der Waals surface area contributed by atoms with Crippen molar-refractivity contribution in [3.63, 3.8) is 0 Å². The van der Waals surface area contributed by atoms with Gasteiger partial charge in [0.2, 0.25) is 0 Å². The summed E-state index contributed by atoms with van der Waals surface area (Å²) in [4.78, 5) is 0. The van der Waals surface area contributed by atoms with E-state index in [0.717, 1.165) is 0 Å². The Morgan fingerprint density at radius 2 is 2.00 bits per heavy atom. The van der Waals surface area contributed by atoms with Crippen molar-refractivity contribution in [3.05, 3.63) is 41.5 Å². The van der Waals surface area contributed by atoms with Gasteiger partial charge < -0.3 is 0 Å². The summed E-state index contributed by atoms with van der Waals surface area (Å²) in [5.74, 6) is 0. The second kappa shape index (κ2) is 2.27. The van der Waals surface area contributed by atoms with Crippen LogP contribution in [0.5, 0.6) is 0 Å². The second-order valence-corrected chi connectivity index (χ2v) is 3.64. The normalized spacial score (nSPS) is 27.2. The SMILES string of the molecule is [Li][C]1(C)C=Cc2ccccc21. The first-order chi connectivity index (χ1) is 5.20. The van der Waals surface area contributed by atoms with Gasteiger partial charge in [-0.1, -0.05) is 0 Å². The van der Waals surface area contributed by atoms with Gasteiger partial charge in [0.1, 0.15) is 0 Å². The first kappa shape index (κ1) is 7.22. The molecule has 2 rings (SSSR count). The summed E-state index contributed by atoms with van der Waals surface area (Å²) in [7, 11) is 0. The molecule has 0 heterocycles. The van der Waals surface area contributed by atoms with Crippen molar-refractivity contribution in [1.29, 1.82) is 0 Å². The maximum atomic E-state index is 2.26. The number of hydrogen-bond acceptors (Lipinski definition) is 0. The van der Waals surface area contributed by atoms with Gasteiger partial charge in [0, 0.05) is 0 Å². The van der Waals surface area contributed by atoms with Crippen molar-refractivity contribution in [1.82, 2.24) is 0 Å². The summed E-state index contributed by atoms with van der Waals surface area (Å²) in [6.07, 6.45) is 4.47. The van der Waals surface area contributed by atoms with Crippen molar-refractivity contribution < 1.29 is 0 Å². The fraction of sp³-hybridized carbons (Fsp3) is 0.200. The molecule has 0 bridgehead atoms. The summed E-state index contributed by atoms with van der Waals surface area (Å²) in [6, 6.07) is 8.56. The van der Waals surface area contributed by atoms with Gasteiger partial charge in [0.15, 0.2) is 0 Å². The Kier molecular flexibility index (Phi) is 1.49. The molecule has 1 aromatic carbocycles. The van der Waals surface area contributed by atoms with Gasteiger partial charge >= 0.3 is 76.3 Å². The summed E-state index contributed by atoms with van der Waals surface area (Å²) < 4.78 is 0.247. The van der Waals surface area contributed by atoms with Crippen molar-refractivity contribution in [2.45, 2.75) is 11.0 Å². The Bertz CT molecular complexity index is 310. The molecule has 0 fully saturated rings. The minimum absolute atomic E-state index is 0.247. The number of fused-ring (bicyclic) bond motifs is 1. The molecule has 1 unspecified atom stereocenters. The maximum absolute atomic E-state index is 2.26. The van der Waals surface area contributed by atoms with Crippen LogP contribution in [0.15, 0.2) is 30.3 Å². The second-order valence-electron chi connectivity index (χ2n) is 3.64. The van der Waals surface area contributed by atoms with Crippen LogP contribution in [0.1, 0.15) is 18.1 Å². The molecule has 0 nitrogen and oxygen atoms in total. The van der Waals surface area contributed by atoms with Gasteiger partial charge in [-0.05, 0) is 0 Å². The molecule has 0 saturated carbocycles. The number of hydrogen-bond donors (Lipinski definition) is 0. The molecule has 1 heteroatoms.